The Morgan fingerprint density at radius 2 is 1.59 bits per heavy atom. The van der Waals surface area contributed by atoms with Crippen LogP contribution in [0.5, 0.6) is 0 Å². The monoisotopic (exact) mass is 634 g/mol. The molecule has 0 saturated heterocycles. The Kier molecular flexibility index (Phi) is 11.3. The molecule has 0 amide bonds. The number of carbonyl (C=O) groups excluding carboxylic acids is 2. The van der Waals surface area contributed by atoms with E-state index in [2.05, 4.69) is 26.0 Å². The molecule has 0 aromatic heterocycles. The second kappa shape index (κ2) is 13.7. The van der Waals surface area contributed by atoms with Crippen LogP contribution in [0, 0.1) is 46.1 Å². The van der Waals surface area contributed by atoms with Crippen molar-refractivity contribution in [3.63, 3.8) is 0 Å². The second-order valence-electron chi connectivity index (χ2n) is 12.3. The molecule has 1 N–H and O–H groups in total. The summed E-state index contributed by atoms with van der Waals surface area (Å²) in [6.07, 6.45) is 14.0. The Hall–Kier alpha value is -1.67. The van der Waals surface area contributed by atoms with Crippen LogP contribution in [0.2, 0.25) is 0 Å². The number of hydrogen-bond acceptors (Lipinski definition) is 3. The van der Waals surface area contributed by atoms with E-state index in [1.165, 1.54) is 54.0 Å². The number of allylic oxidation sites excluding steroid dienone is 3. The van der Waals surface area contributed by atoms with Crippen molar-refractivity contribution in [1.29, 1.82) is 0 Å². The average molecular weight is 636 g/mol. The Morgan fingerprint density at radius 1 is 0.951 bits per heavy atom. The maximum atomic E-state index is 13.4. The number of fused-ring (bicyclic) bond motifs is 5. The van der Waals surface area contributed by atoms with Crippen LogP contribution < -0.4 is 17.0 Å². The summed E-state index contributed by atoms with van der Waals surface area (Å²) in [5.74, 6) is 1.55. The summed E-state index contributed by atoms with van der Waals surface area (Å²) in [6.45, 7) is 4.98. The SMILES string of the molecule is C[C@]12CCC(CO)=CC1=CCC1C2CC[C@@]2(C)C1CC[C@@H]2C(=O)c1ccc(F)cc1.O=[C-]c1ccc(F)cc1.[Br-].[Mg+2]. The number of aliphatic hydroxyl groups is 1. The number of ketones is 1. The van der Waals surface area contributed by atoms with Gasteiger partial charge in [0, 0.05) is 11.5 Å². The number of hydrogen-bond donors (Lipinski definition) is 1. The van der Waals surface area contributed by atoms with Crippen LogP contribution in [0.3, 0.4) is 0 Å². The van der Waals surface area contributed by atoms with Crippen LogP contribution >= 0.6 is 0 Å². The molecule has 6 atom stereocenters. The molecule has 4 aliphatic carbocycles. The summed E-state index contributed by atoms with van der Waals surface area (Å²) in [6, 6.07) is 11.3. The zero-order valence-electron chi connectivity index (χ0n) is 23.8. The molecule has 6 rings (SSSR count). The van der Waals surface area contributed by atoms with Gasteiger partial charge in [-0.25, -0.2) is 8.78 Å². The van der Waals surface area contributed by atoms with Gasteiger partial charge < -0.3 is 26.9 Å². The Labute approximate surface area is 268 Å². The standard InChI is InChI=1S/C27H33FO2.C7H4FO.BrH.Mg/c1-26-13-11-17(16-29)15-19(26)5-8-21-22-9-10-24(27(22,2)14-12-23(21)26)25(30)18-3-6-20(28)7-4-18;8-7-3-1-6(5-9)2-4-7;;/h3-7,15,21-24,29H,8-14,16H2,1-2H3;1-4H;1H;/q;-1;;+2/p-1/t21?,22?,23?,24-,26+,27+;;;/m1.../s1. The molecule has 4 aliphatic rings. The van der Waals surface area contributed by atoms with E-state index >= 15 is 0 Å². The predicted molar refractivity (Wildman–Crippen MR) is 153 cm³/mol. The van der Waals surface area contributed by atoms with Crippen LogP contribution in [0.1, 0.15) is 74.7 Å². The van der Waals surface area contributed by atoms with Gasteiger partial charge in [0.05, 0.1) is 18.7 Å². The summed E-state index contributed by atoms with van der Waals surface area (Å²) in [5.41, 5.74) is 3.91. The molecule has 0 radical (unpaired) electrons. The van der Waals surface area contributed by atoms with Crippen LogP contribution in [-0.2, 0) is 4.79 Å². The van der Waals surface area contributed by atoms with Gasteiger partial charge in [-0.3, -0.25) is 4.79 Å². The molecule has 41 heavy (non-hydrogen) atoms. The first-order chi connectivity index (χ1) is 18.7. The van der Waals surface area contributed by atoms with Gasteiger partial charge in [-0.15, -0.1) is 0 Å². The van der Waals surface area contributed by atoms with E-state index in [4.69, 9.17) is 0 Å². The van der Waals surface area contributed by atoms with Crippen LogP contribution in [0.4, 0.5) is 8.78 Å². The van der Waals surface area contributed by atoms with E-state index in [-0.39, 0.29) is 80.8 Å². The Balaban J connectivity index is 0.000000363. The smallest absolute Gasteiger partial charge is 1.00 e. The van der Waals surface area contributed by atoms with Gasteiger partial charge in [0.1, 0.15) is 5.82 Å². The Bertz CT molecular complexity index is 1290. The van der Waals surface area contributed by atoms with Crippen LogP contribution in [0.15, 0.2) is 71.8 Å². The van der Waals surface area contributed by atoms with E-state index in [0.29, 0.717) is 28.9 Å². The maximum Gasteiger partial charge on any atom is 2.00 e. The Morgan fingerprint density at radius 3 is 2.20 bits per heavy atom. The molecule has 2 saturated carbocycles. The van der Waals surface area contributed by atoms with Crippen molar-refractivity contribution in [1.82, 2.24) is 0 Å². The van der Waals surface area contributed by atoms with Gasteiger partial charge in [0.15, 0.2) is 5.78 Å². The molecule has 2 fully saturated rings. The summed E-state index contributed by atoms with van der Waals surface area (Å²) in [5, 5.41) is 9.60. The number of rotatable bonds is 4. The molecule has 0 aliphatic heterocycles. The van der Waals surface area contributed by atoms with Crippen molar-refractivity contribution in [3.05, 3.63) is 94.6 Å². The summed E-state index contributed by atoms with van der Waals surface area (Å²) < 4.78 is 25.4. The molecule has 7 heteroatoms. The quantitative estimate of drug-likeness (QED) is 0.314. The van der Waals surface area contributed by atoms with Gasteiger partial charge in [0.25, 0.3) is 0 Å². The fourth-order valence-corrected chi connectivity index (χ4v) is 8.27. The van der Waals surface area contributed by atoms with Crippen molar-refractivity contribution in [2.75, 3.05) is 6.61 Å². The maximum absolute atomic E-state index is 13.4. The van der Waals surface area contributed by atoms with Crippen molar-refractivity contribution in [2.24, 2.45) is 34.5 Å². The first-order valence-electron chi connectivity index (χ1n) is 14.1. The molecule has 0 bridgehead atoms. The van der Waals surface area contributed by atoms with Gasteiger partial charge in [-0.1, -0.05) is 38.1 Å². The summed E-state index contributed by atoms with van der Waals surface area (Å²) in [7, 11) is 0. The second-order valence-corrected chi connectivity index (χ2v) is 12.3. The van der Waals surface area contributed by atoms with Gasteiger partial charge in [0.2, 0.25) is 0 Å². The van der Waals surface area contributed by atoms with Crippen LogP contribution in [0.25, 0.3) is 0 Å². The molecule has 2 aromatic rings. The summed E-state index contributed by atoms with van der Waals surface area (Å²) in [4.78, 5) is 23.2. The molecule has 0 heterocycles. The van der Waals surface area contributed by atoms with Crippen molar-refractivity contribution in [3.8, 4) is 0 Å². The number of benzene rings is 2. The number of aliphatic hydroxyl groups excluding tert-OH is 1. The zero-order valence-corrected chi connectivity index (χ0v) is 26.8. The molecule has 0 spiro atoms. The third kappa shape index (κ3) is 6.48. The van der Waals surface area contributed by atoms with E-state index in [1.54, 1.807) is 18.4 Å². The van der Waals surface area contributed by atoms with E-state index in [0.717, 1.165) is 38.5 Å². The van der Waals surface area contributed by atoms with Crippen molar-refractivity contribution < 1.29 is 40.5 Å². The third-order valence-electron chi connectivity index (χ3n) is 10.5. The first-order valence-corrected chi connectivity index (χ1v) is 14.1. The first kappa shape index (κ1) is 33.8. The van der Waals surface area contributed by atoms with Crippen LogP contribution in [-0.4, -0.2) is 46.8 Å². The predicted octanol–water partition coefficient (Wildman–Crippen LogP) is 4.02. The minimum atomic E-state index is -0.339. The fraction of sp³-hybridized carbons (Fsp3) is 0.471. The van der Waals surface area contributed by atoms with Gasteiger partial charge >= 0.3 is 23.1 Å². The van der Waals surface area contributed by atoms with E-state index in [1.807, 2.05) is 0 Å². The largest absolute Gasteiger partial charge is 2.00 e. The topological polar surface area (TPSA) is 54.4 Å². The van der Waals surface area contributed by atoms with Gasteiger partial charge in [-0.2, -0.15) is 17.7 Å². The molecular formula is C34H37BrF2MgO3. The molecule has 3 nitrogen and oxygen atoms in total. The number of carbonyl (C=O) groups is 1. The minimum absolute atomic E-state index is 0. The minimum Gasteiger partial charge on any atom is -1.00 e. The number of halogens is 3. The van der Waals surface area contributed by atoms with Crippen molar-refractivity contribution in [2.45, 2.75) is 58.8 Å². The molecule has 2 aromatic carbocycles. The van der Waals surface area contributed by atoms with Gasteiger partial charge in [-0.05, 0) is 109 Å². The molecule has 214 valence electrons. The normalized spacial score (nSPS) is 31.2. The van der Waals surface area contributed by atoms with E-state index < -0.39 is 0 Å². The van der Waals surface area contributed by atoms with Crippen molar-refractivity contribution >= 4 is 35.1 Å². The molecular weight excluding hydrogens is 599 g/mol. The zero-order chi connectivity index (χ0) is 27.8. The fourth-order valence-electron chi connectivity index (χ4n) is 8.27. The van der Waals surface area contributed by atoms with E-state index in [9.17, 15) is 23.5 Å². The third-order valence-corrected chi connectivity index (χ3v) is 10.5. The number of Topliss-reactive ketones (excluding diaryl/α,β-unsaturated/α-hetero) is 1. The summed E-state index contributed by atoms with van der Waals surface area (Å²) >= 11 is 0. The average Bonchev–Trinajstić information content (AvgIpc) is 3.30. The molecule has 3 unspecified atom stereocenters.